The molecule has 4 aromatic rings. The van der Waals surface area contributed by atoms with Crippen LogP contribution in [0.25, 0.3) is 22.3 Å². The van der Waals surface area contributed by atoms with Crippen molar-refractivity contribution in [2.24, 2.45) is 0 Å². The maximum Gasteiger partial charge on any atom is 0.252 e. The second kappa shape index (κ2) is 7.79. The summed E-state index contributed by atoms with van der Waals surface area (Å²) < 4.78 is 0. The lowest BCUT2D eigenvalue weighted by atomic mass is 10.0. The minimum atomic E-state index is -0.148. The van der Waals surface area contributed by atoms with Gasteiger partial charge in [-0.2, -0.15) is 0 Å². The summed E-state index contributed by atoms with van der Waals surface area (Å²) in [6.45, 7) is 2.42. The molecule has 2 aromatic carbocycles. The number of nitrogens with one attached hydrogen (secondary N) is 1. The number of carbonyl (C=O) groups is 1. The highest BCUT2D eigenvalue weighted by molar-refractivity contribution is 6.30. The quantitative estimate of drug-likeness (QED) is 0.524. The van der Waals surface area contributed by atoms with Crippen LogP contribution >= 0.6 is 11.6 Å². The average Bonchev–Trinajstić information content (AvgIpc) is 2.73. The van der Waals surface area contributed by atoms with Crippen molar-refractivity contribution < 1.29 is 4.79 Å². The van der Waals surface area contributed by atoms with Crippen molar-refractivity contribution in [3.05, 3.63) is 94.6 Å². The number of hydrogen-bond acceptors (Lipinski definition) is 3. The van der Waals surface area contributed by atoms with Crippen LogP contribution in [0.3, 0.4) is 0 Å². The molecule has 0 bridgehead atoms. The molecule has 1 amide bonds. The largest absolute Gasteiger partial charge is 0.348 e. The molecule has 1 N–H and O–H groups in total. The molecule has 28 heavy (non-hydrogen) atoms. The van der Waals surface area contributed by atoms with Gasteiger partial charge in [-0.15, -0.1) is 0 Å². The van der Waals surface area contributed by atoms with Crippen LogP contribution in [0.5, 0.6) is 0 Å². The van der Waals surface area contributed by atoms with E-state index in [1.165, 1.54) is 0 Å². The molecule has 0 fully saturated rings. The molecule has 2 heterocycles. The van der Waals surface area contributed by atoms with Gasteiger partial charge in [-0.1, -0.05) is 41.4 Å². The van der Waals surface area contributed by atoms with Crippen molar-refractivity contribution in [3.8, 4) is 11.4 Å². The smallest absolute Gasteiger partial charge is 0.252 e. The molecule has 0 radical (unpaired) electrons. The Labute approximate surface area is 168 Å². The van der Waals surface area contributed by atoms with Crippen molar-refractivity contribution >= 4 is 28.4 Å². The molecular formula is C23H18ClN3O. The molecule has 0 saturated heterocycles. The predicted octanol–water partition coefficient (Wildman–Crippen LogP) is 5.19. The normalized spacial score (nSPS) is 10.8. The Balaban J connectivity index is 1.72. The number of amides is 1. The first-order valence-corrected chi connectivity index (χ1v) is 9.33. The summed E-state index contributed by atoms with van der Waals surface area (Å²) in [6.07, 6.45) is 1.72. The third-order valence-electron chi connectivity index (χ3n) is 4.50. The summed E-state index contributed by atoms with van der Waals surface area (Å²) in [5.74, 6) is -0.148. The predicted molar refractivity (Wildman–Crippen MR) is 112 cm³/mol. The summed E-state index contributed by atoms with van der Waals surface area (Å²) in [5, 5.41) is 4.49. The van der Waals surface area contributed by atoms with Gasteiger partial charge in [0.1, 0.15) is 0 Å². The van der Waals surface area contributed by atoms with Crippen LogP contribution in [0.1, 0.15) is 21.5 Å². The molecule has 138 valence electrons. The zero-order chi connectivity index (χ0) is 19.5. The van der Waals surface area contributed by atoms with E-state index in [1.807, 2.05) is 67.6 Å². The van der Waals surface area contributed by atoms with E-state index in [0.717, 1.165) is 27.7 Å². The van der Waals surface area contributed by atoms with Crippen molar-refractivity contribution in [2.45, 2.75) is 13.5 Å². The van der Waals surface area contributed by atoms with E-state index in [1.54, 1.807) is 12.3 Å². The fourth-order valence-electron chi connectivity index (χ4n) is 3.05. The van der Waals surface area contributed by atoms with Crippen molar-refractivity contribution in [1.29, 1.82) is 0 Å². The number of aromatic nitrogens is 2. The summed E-state index contributed by atoms with van der Waals surface area (Å²) in [6, 6.07) is 20.8. The highest BCUT2D eigenvalue weighted by atomic mass is 35.5. The molecule has 0 aliphatic heterocycles. The number of benzene rings is 2. The monoisotopic (exact) mass is 387 g/mol. The molecule has 0 unspecified atom stereocenters. The maximum atomic E-state index is 13.0. The molecule has 0 aliphatic carbocycles. The van der Waals surface area contributed by atoms with E-state index in [4.69, 9.17) is 16.6 Å². The summed E-state index contributed by atoms with van der Waals surface area (Å²) in [7, 11) is 0. The Morgan fingerprint density at radius 2 is 1.82 bits per heavy atom. The van der Waals surface area contributed by atoms with Gasteiger partial charge in [0.15, 0.2) is 0 Å². The van der Waals surface area contributed by atoms with Gasteiger partial charge in [-0.05, 0) is 55.0 Å². The molecular weight excluding hydrogens is 370 g/mol. The van der Waals surface area contributed by atoms with Gasteiger partial charge in [-0.25, -0.2) is 4.98 Å². The van der Waals surface area contributed by atoms with Gasteiger partial charge >= 0.3 is 0 Å². The van der Waals surface area contributed by atoms with Crippen LogP contribution in [0.4, 0.5) is 0 Å². The SMILES string of the molecule is Cc1ccc2nc(-c3ccccn3)cc(C(=O)NCc3ccc(Cl)cc3)c2c1. The van der Waals surface area contributed by atoms with Crippen LogP contribution in [-0.2, 0) is 6.54 Å². The number of nitrogens with zero attached hydrogens (tertiary/aromatic N) is 2. The molecule has 5 heteroatoms. The van der Waals surface area contributed by atoms with E-state index in [9.17, 15) is 4.79 Å². The first-order chi connectivity index (χ1) is 13.6. The fraction of sp³-hybridized carbons (Fsp3) is 0.0870. The summed E-state index contributed by atoms with van der Waals surface area (Å²) >= 11 is 5.93. The number of aryl methyl sites for hydroxylation is 1. The second-order valence-electron chi connectivity index (χ2n) is 6.60. The summed E-state index contributed by atoms with van der Waals surface area (Å²) in [5.41, 5.74) is 4.82. The third kappa shape index (κ3) is 3.87. The van der Waals surface area contributed by atoms with Crippen LogP contribution in [-0.4, -0.2) is 15.9 Å². The maximum absolute atomic E-state index is 13.0. The van der Waals surface area contributed by atoms with Crippen molar-refractivity contribution in [2.75, 3.05) is 0 Å². The van der Waals surface area contributed by atoms with Gasteiger partial charge in [0.25, 0.3) is 5.91 Å². The third-order valence-corrected chi connectivity index (χ3v) is 4.75. The number of fused-ring (bicyclic) bond motifs is 1. The second-order valence-corrected chi connectivity index (χ2v) is 7.04. The minimum absolute atomic E-state index is 0.148. The Morgan fingerprint density at radius 3 is 2.57 bits per heavy atom. The first kappa shape index (κ1) is 18.1. The topological polar surface area (TPSA) is 54.9 Å². The van der Waals surface area contributed by atoms with E-state index in [2.05, 4.69) is 10.3 Å². The molecule has 0 spiro atoms. The van der Waals surface area contributed by atoms with Crippen LogP contribution < -0.4 is 5.32 Å². The number of rotatable bonds is 4. The van der Waals surface area contributed by atoms with Gasteiger partial charge in [0.05, 0.1) is 22.5 Å². The van der Waals surface area contributed by atoms with Gasteiger partial charge in [0, 0.05) is 23.2 Å². The molecule has 2 aromatic heterocycles. The minimum Gasteiger partial charge on any atom is -0.348 e. The Kier molecular flexibility index (Phi) is 5.04. The van der Waals surface area contributed by atoms with Gasteiger partial charge in [0.2, 0.25) is 0 Å². The van der Waals surface area contributed by atoms with Crippen LogP contribution in [0.2, 0.25) is 5.02 Å². The molecule has 4 nitrogen and oxygen atoms in total. The van der Waals surface area contributed by atoms with Crippen molar-refractivity contribution in [1.82, 2.24) is 15.3 Å². The lowest BCUT2D eigenvalue weighted by Crippen LogP contribution is -2.23. The molecule has 4 rings (SSSR count). The highest BCUT2D eigenvalue weighted by Gasteiger charge is 2.14. The molecule has 0 atom stereocenters. The van der Waals surface area contributed by atoms with E-state index < -0.39 is 0 Å². The Bertz CT molecular complexity index is 1140. The van der Waals surface area contributed by atoms with Gasteiger partial charge in [-0.3, -0.25) is 9.78 Å². The number of pyridine rings is 2. The Hall–Kier alpha value is -3.24. The van der Waals surface area contributed by atoms with E-state index >= 15 is 0 Å². The van der Waals surface area contributed by atoms with Crippen LogP contribution in [0.15, 0.2) is 72.9 Å². The van der Waals surface area contributed by atoms with E-state index in [0.29, 0.717) is 22.8 Å². The molecule has 0 aliphatic rings. The van der Waals surface area contributed by atoms with Crippen LogP contribution in [0, 0.1) is 6.92 Å². The molecule has 0 saturated carbocycles. The first-order valence-electron chi connectivity index (χ1n) is 8.95. The van der Waals surface area contributed by atoms with Gasteiger partial charge < -0.3 is 5.32 Å². The standard InChI is InChI=1S/C23H18ClN3O/c1-15-5-10-20-18(12-15)19(13-22(27-20)21-4-2-3-11-25-21)23(28)26-14-16-6-8-17(24)9-7-16/h2-13H,14H2,1H3,(H,26,28). The van der Waals surface area contributed by atoms with Crippen molar-refractivity contribution in [3.63, 3.8) is 0 Å². The lowest BCUT2D eigenvalue weighted by Gasteiger charge is -2.11. The lowest BCUT2D eigenvalue weighted by molar-refractivity contribution is 0.0952. The zero-order valence-electron chi connectivity index (χ0n) is 15.3. The highest BCUT2D eigenvalue weighted by Crippen LogP contribution is 2.25. The van der Waals surface area contributed by atoms with E-state index in [-0.39, 0.29) is 5.91 Å². The number of halogens is 1. The fourth-order valence-corrected chi connectivity index (χ4v) is 3.18. The number of carbonyl (C=O) groups excluding carboxylic acids is 1. The average molecular weight is 388 g/mol. The Morgan fingerprint density at radius 1 is 1.00 bits per heavy atom. The number of hydrogen-bond donors (Lipinski definition) is 1. The zero-order valence-corrected chi connectivity index (χ0v) is 16.1. The summed E-state index contributed by atoms with van der Waals surface area (Å²) in [4.78, 5) is 22.1.